The second-order valence-electron chi connectivity index (χ2n) is 9.10. The molecule has 9 nitrogen and oxygen atoms in total. The molecule has 2 fully saturated rings. The SMILES string of the molecule is C=C(C#N)C(=O)N1CC2(CC(Oc3ncnc(N)c3-c3ccc(Oc4ccc(C#N)cc4)cc3)C2)C1. The van der Waals surface area contributed by atoms with Crippen molar-refractivity contribution in [3.8, 4) is 40.6 Å². The van der Waals surface area contributed by atoms with E-state index in [9.17, 15) is 4.79 Å². The minimum atomic E-state index is -0.301. The zero-order valence-corrected chi connectivity index (χ0v) is 19.3. The van der Waals surface area contributed by atoms with Gasteiger partial charge in [-0.1, -0.05) is 18.7 Å². The van der Waals surface area contributed by atoms with Crippen LogP contribution in [0.2, 0.25) is 0 Å². The third kappa shape index (κ3) is 4.30. The Morgan fingerprint density at radius 3 is 2.31 bits per heavy atom. The van der Waals surface area contributed by atoms with Crippen molar-refractivity contribution < 1.29 is 14.3 Å². The molecule has 178 valence electrons. The molecule has 5 rings (SSSR count). The molecule has 36 heavy (non-hydrogen) atoms. The van der Waals surface area contributed by atoms with Crippen molar-refractivity contribution in [2.24, 2.45) is 5.41 Å². The van der Waals surface area contributed by atoms with Crippen molar-refractivity contribution in [1.29, 1.82) is 10.5 Å². The molecule has 3 aromatic rings. The summed E-state index contributed by atoms with van der Waals surface area (Å²) >= 11 is 0. The van der Waals surface area contributed by atoms with E-state index in [2.05, 4.69) is 22.6 Å². The normalized spacial score (nSPS) is 15.7. The summed E-state index contributed by atoms with van der Waals surface area (Å²) in [4.78, 5) is 22.2. The van der Waals surface area contributed by atoms with Crippen LogP contribution in [0.5, 0.6) is 17.4 Å². The maximum absolute atomic E-state index is 12.1. The minimum absolute atomic E-state index is 0.0270. The van der Waals surface area contributed by atoms with E-state index in [1.807, 2.05) is 30.3 Å². The smallest absolute Gasteiger partial charge is 0.263 e. The van der Waals surface area contributed by atoms with E-state index in [-0.39, 0.29) is 23.0 Å². The summed E-state index contributed by atoms with van der Waals surface area (Å²) in [5, 5.41) is 17.8. The largest absolute Gasteiger partial charge is 0.474 e. The number of nitrogens with two attached hydrogens (primary N) is 1. The number of amides is 1. The van der Waals surface area contributed by atoms with Gasteiger partial charge in [0, 0.05) is 18.5 Å². The van der Waals surface area contributed by atoms with E-state index in [0.717, 1.165) is 18.4 Å². The van der Waals surface area contributed by atoms with Crippen molar-refractivity contribution in [2.75, 3.05) is 18.8 Å². The number of rotatable bonds is 6. The van der Waals surface area contributed by atoms with Gasteiger partial charge in [-0.05, 0) is 54.8 Å². The Labute approximate surface area is 208 Å². The lowest BCUT2D eigenvalue weighted by Gasteiger charge is -2.58. The van der Waals surface area contributed by atoms with Crippen LogP contribution in [-0.4, -0.2) is 40.0 Å². The number of anilines is 1. The van der Waals surface area contributed by atoms with Gasteiger partial charge in [0.1, 0.15) is 41.4 Å². The lowest BCUT2D eigenvalue weighted by atomic mass is 9.61. The number of hydrogen-bond donors (Lipinski definition) is 1. The van der Waals surface area contributed by atoms with Gasteiger partial charge in [-0.25, -0.2) is 9.97 Å². The highest BCUT2D eigenvalue weighted by molar-refractivity contribution is 5.97. The second kappa shape index (κ2) is 9.05. The maximum atomic E-state index is 12.1. The highest BCUT2D eigenvalue weighted by Gasteiger charge is 2.55. The van der Waals surface area contributed by atoms with Gasteiger partial charge in [0.2, 0.25) is 5.88 Å². The molecule has 1 spiro atoms. The number of hydrogen-bond acceptors (Lipinski definition) is 8. The Hall–Kier alpha value is -4.89. The number of carbonyl (C=O) groups is 1. The zero-order chi connectivity index (χ0) is 25.3. The van der Waals surface area contributed by atoms with Crippen LogP contribution in [0, 0.1) is 28.1 Å². The molecule has 2 heterocycles. The summed E-state index contributed by atoms with van der Waals surface area (Å²) in [6.45, 7) is 4.70. The molecule has 0 bridgehead atoms. The Kier molecular flexibility index (Phi) is 5.75. The van der Waals surface area contributed by atoms with Gasteiger partial charge in [0.05, 0.1) is 17.2 Å². The van der Waals surface area contributed by atoms with E-state index in [4.69, 9.17) is 25.7 Å². The van der Waals surface area contributed by atoms with Crippen LogP contribution in [0.1, 0.15) is 18.4 Å². The molecule has 0 atom stereocenters. The van der Waals surface area contributed by atoms with E-state index in [1.165, 1.54) is 6.33 Å². The van der Waals surface area contributed by atoms with Crippen molar-refractivity contribution >= 4 is 11.7 Å². The van der Waals surface area contributed by atoms with Crippen molar-refractivity contribution in [3.05, 3.63) is 72.6 Å². The number of benzene rings is 2. The standard InChI is InChI=1S/C27H22N6O3/c1-17(12-28)26(34)33-14-27(15-33)10-22(11-27)36-25-23(24(30)31-16-32-25)19-4-8-21(9-5-19)35-20-6-2-18(13-29)3-7-20/h2-9,16,22H,1,10-11,14-15H2,(H2,30,31,32). The molecule has 1 aromatic heterocycles. The van der Waals surface area contributed by atoms with Crippen LogP contribution >= 0.6 is 0 Å². The summed E-state index contributed by atoms with van der Waals surface area (Å²) in [6, 6.07) is 18.1. The fourth-order valence-electron chi connectivity index (χ4n) is 4.72. The number of nitrogens with zero attached hydrogens (tertiary/aromatic N) is 5. The summed E-state index contributed by atoms with van der Waals surface area (Å²) in [7, 11) is 0. The van der Waals surface area contributed by atoms with E-state index < -0.39 is 0 Å². The third-order valence-corrected chi connectivity index (χ3v) is 6.54. The molecule has 2 N–H and O–H groups in total. The monoisotopic (exact) mass is 478 g/mol. The van der Waals surface area contributed by atoms with E-state index in [1.54, 1.807) is 29.2 Å². The van der Waals surface area contributed by atoms with Gasteiger partial charge in [-0.2, -0.15) is 10.5 Å². The topological polar surface area (TPSA) is 138 Å². The Bertz CT molecular complexity index is 1410. The quantitative estimate of drug-likeness (QED) is 0.417. The molecule has 2 aromatic carbocycles. The van der Waals surface area contributed by atoms with E-state index in [0.29, 0.717) is 47.4 Å². The molecule has 1 aliphatic heterocycles. The summed E-state index contributed by atoms with van der Waals surface area (Å²) in [5.74, 6) is 1.68. The number of likely N-dealkylation sites (tertiary alicyclic amines) is 1. The average Bonchev–Trinajstić information content (AvgIpc) is 2.85. The third-order valence-electron chi connectivity index (χ3n) is 6.54. The molecular formula is C27H22N6O3. The van der Waals surface area contributed by atoms with Gasteiger partial charge >= 0.3 is 0 Å². The molecule has 0 unspecified atom stereocenters. The van der Waals surface area contributed by atoms with Crippen LogP contribution in [0.25, 0.3) is 11.1 Å². The fraction of sp³-hybridized carbons (Fsp3) is 0.222. The van der Waals surface area contributed by atoms with Crippen LogP contribution in [-0.2, 0) is 4.79 Å². The van der Waals surface area contributed by atoms with Gasteiger partial charge in [0.25, 0.3) is 5.91 Å². The molecule has 9 heteroatoms. The highest BCUT2D eigenvalue weighted by Crippen LogP contribution is 2.50. The van der Waals surface area contributed by atoms with Crippen LogP contribution in [0.15, 0.2) is 67.0 Å². The maximum Gasteiger partial charge on any atom is 0.263 e. The number of aromatic nitrogens is 2. The Balaban J connectivity index is 1.24. The predicted molar refractivity (Wildman–Crippen MR) is 131 cm³/mol. The summed E-state index contributed by atoms with van der Waals surface area (Å²) in [6.07, 6.45) is 2.91. The average molecular weight is 479 g/mol. The molecule has 1 aliphatic carbocycles. The van der Waals surface area contributed by atoms with Crippen LogP contribution in [0.4, 0.5) is 5.82 Å². The number of nitriles is 2. The lowest BCUT2D eigenvalue weighted by molar-refractivity contribution is -0.156. The summed E-state index contributed by atoms with van der Waals surface area (Å²) in [5.41, 5.74) is 8.15. The zero-order valence-electron chi connectivity index (χ0n) is 19.3. The van der Waals surface area contributed by atoms with Gasteiger partial charge in [-0.15, -0.1) is 0 Å². The Morgan fingerprint density at radius 2 is 1.69 bits per heavy atom. The first-order valence-electron chi connectivity index (χ1n) is 11.3. The first kappa shape index (κ1) is 22.9. The van der Waals surface area contributed by atoms with Gasteiger partial charge in [-0.3, -0.25) is 4.79 Å². The predicted octanol–water partition coefficient (Wildman–Crippen LogP) is 3.84. The fourth-order valence-corrected chi connectivity index (χ4v) is 4.72. The molecule has 1 saturated carbocycles. The molecular weight excluding hydrogens is 456 g/mol. The second-order valence-corrected chi connectivity index (χ2v) is 9.10. The van der Waals surface area contributed by atoms with Gasteiger partial charge < -0.3 is 20.1 Å². The number of carbonyl (C=O) groups excluding carboxylic acids is 1. The molecule has 2 aliphatic rings. The molecule has 0 radical (unpaired) electrons. The molecule has 1 saturated heterocycles. The summed E-state index contributed by atoms with van der Waals surface area (Å²) < 4.78 is 12.1. The van der Waals surface area contributed by atoms with E-state index >= 15 is 0 Å². The van der Waals surface area contributed by atoms with Crippen LogP contribution in [0.3, 0.4) is 0 Å². The number of nitrogen functional groups attached to an aromatic ring is 1. The first-order valence-corrected chi connectivity index (χ1v) is 11.3. The van der Waals surface area contributed by atoms with Crippen LogP contribution < -0.4 is 15.2 Å². The lowest BCUT2D eigenvalue weighted by Crippen LogP contribution is -2.66. The molecule has 1 amide bonds. The van der Waals surface area contributed by atoms with Crippen molar-refractivity contribution in [3.63, 3.8) is 0 Å². The first-order chi connectivity index (χ1) is 17.4. The minimum Gasteiger partial charge on any atom is -0.474 e. The number of ether oxygens (including phenoxy) is 2. The van der Waals surface area contributed by atoms with Crippen molar-refractivity contribution in [1.82, 2.24) is 14.9 Å². The van der Waals surface area contributed by atoms with Crippen molar-refractivity contribution in [2.45, 2.75) is 18.9 Å². The van der Waals surface area contributed by atoms with Gasteiger partial charge in [0.15, 0.2) is 0 Å². The highest BCUT2D eigenvalue weighted by atomic mass is 16.5. The Morgan fingerprint density at radius 1 is 1.06 bits per heavy atom.